The molecule has 0 bridgehead atoms. The van der Waals surface area contributed by atoms with Crippen LogP contribution in [0.2, 0.25) is 0 Å². The van der Waals surface area contributed by atoms with Crippen LogP contribution in [-0.4, -0.2) is 63.3 Å². The molecule has 0 atom stereocenters. The molecule has 106 valence electrons. The maximum absolute atomic E-state index is 5.47. The normalized spacial score (nSPS) is 18.5. The number of aliphatic imine (C=N–C) groups is 1. The van der Waals surface area contributed by atoms with Crippen molar-refractivity contribution in [3.8, 4) is 0 Å². The second-order valence-corrected chi connectivity index (χ2v) is 4.96. The van der Waals surface area contributed by atoms with Gasteiger partial charge in [-0.25, -0.2) is 0 Å². The van der Waals surface area contributed by atoms with Gasteiger partial charge in [-0.1, -0.05) is 0 Å². The maximum atomic E-state index is 5.47. The number of ether oxygens (including phenoxy) is 1. The van der Waals surface area contributed by atoms with E-state index < -0.39 is 0 Å². The Kier molecular flexibility index (Phi) is 6.43. The van der Waals surface area contributed by atoms with Gasteiger partial charge in [-0.3, -0.25) is 4.99 Å². The summed E-state index contributed by atoms with van der Waals surface area (Å²) in [6, 6.07) is 0. The smallest absolute Gasteiger partial charge is 0.191 e. The molecule has 0 saturated carbocycles. The van der Waals surface area contributed by atoms with Crippen LogP contribution in [0.15, 0.2) is 4.99 Å². The summed E-state index contributed by atoms with van der Waals surface area (Å²) in [4.78, 5) is 7.02. The molecule has 0 aromatic rings. The van der Waals surface area contributed by atoms with Crippen molar-refractivity contribution in [1.82, 2.24) is 15.5 Å². The molecule has 1 aliphatic heterocycles. The van der Waals surface area contributed by atoms with Gasteiger partial charge in [0.25, 0.3) is 0 Å². The number of hydrogen-bond acceptors (Lipinski definition) is 3. The first kappa shape index (κ1) is 15.2. The molecule has 5 heteroatoms. The van der Waals surface area contributed by atoms with Gasteiger partial charge >= 0.3 is 0 Å². The average Bonchev–Trinajstić information content (AvgIpc) is 2.37. The van der Waals surface area contributed by atoms with Crippen molar-refractivity contribution in [1.29, 1.82) is 0 Å². The molecular formula is C13H28N4O. The van der Waals surface area contributed by atoms with Crippen molar-refractivity contribution >= 4 is 5.96 Å². The fraction of sp³-hybridized carbons (Fsp3) is 0.923. The molecule has 0 aromatic carbocycles. The van der Waals surface area contributed by atoms with E-state index in [9.17, 15) is 0 Å². The maximum Gasteiger partial charge on any atom is 0.191 e. The van der Waals surface area contributed by atoms with E-state index in [1.165, 1.54) is 0 Å². The van der Waals surface area contributed by atoms with Crippen LogP contribution in [-0.2, 0) is 4.74 Å². The van der Waals surface area contributed by atoms with E-state index in [0.29, 0.717) is 0 Å². The lowest BCUT2D eigenvalue weighted by molar-refractivity contribution is -0.00254. The Balaban J connectivity index is 2.67. The molecule has 0 aromatic heterocycles. The summed E-state index contributed by atoms with van der Waals surface area (Å²) in [6.45, 7) is 8.45. The molecule has 18 heavy (non-hydrogen) atoms. The molecular weight excluding hydrogens is 228 g/mol. The standard InChI is InChI=1S/C13H28N4O/c1-5-14-12(15-6-2)16-11-13(17(3)4)7-9-18-10-8-13/h5-11H2,1-4H3,(H2,14,15,16). The lowest BCUT2D eigenvalue weighted by Crippen LogP contribution is -2.51. The highest BCUT2D eigenvalue weighted by Gasteiger charge is 2.34. The van der Waals surface area contributed by atoms with Crippen molar-refractivity contribution in [2.45, 2.75) is 32.2 Å². The molecule has 0 spiro atoms. The van der Waals surface area contributed by atoms with Crippen molar-refractivity contribution in [3.05, 3.63) is 0 Å². The van der Waals surface area contributed by atoms with Crippen LogP contribution >= 0.6 is 0 Å². The van der Waals surface area contributed by atoms with E-state index in [2.05, 4.69) is 43.5 Å². The monoisotopic (exact) mass is 256 g/mol. The SMILES string of the molecule is CCNC(=NCC1(N(C)C)CCOCC1)NCC. The predicted octanol–water partition coefficient (Wildman–Crippen LogP) is 0.672. The summed E-state index contributed by atoms with van der Waals surface area (Å²) < 4.78 is 5.47. The molecule has 1 fully saturated rings. The fourth-order valence-electron chi connectivity index (χ4n) is 2.23. The topological polar surface area (TPSA) is 48.9 Å². The summed E-state index contributed by atoms with van der Waals surface area (Å²) in [7, 11) is 4.28. The van der Waals surface area contributed by atoms with Gasteiger partial charge in [0.15, 0.2) is 5.96 Å². The van der Waals surface area contributed by atoms with Crippen molar-refractivity contribution in [3.63, 3.8) is 0 Å². The zero-order valence-corrected chi connectivity index (χ0v) is 12.3. The van der Waals surface area contributed by atoms with Crippen molar-refractivity contribution in [2.24, 2.45) is 4.99 Å². The molecule has 0 aliphatic carbocycles. The number of rotatable bonds is 5. The minimum Gasteiger partial charge on any atom is -0.381 e. The van der Waals surface area contributed by atoms with Gasteiger partial charge in [0.05, 0.1) is 6.54 Å². The Morgan fingerprint density at radius 3 is 2.17 bits per heavy atom. The quantitative estimate of drug-likeness (QED) is 0.561. The van der Waals surface area contributed by atoms with Crippen LogP contribution in [0.3, 0.4) is 0 Å². The van der Waals surface area contributed by atoms with Gasteiger partial charge in [-0.2, -0.15) is 0 Å². The van der Waals surface area contributed by atoms with Gasteiger partial charge in [-0.05, 0) is 40.8 Å². The van der Waals surface area contributed by atoms with Crippen LogP contribution in [0.25, 0.3) is 0 Å². The molecule has 0 radical (unpaired) electrons. The zero-order chi connectivity index (χ0) is 13.4. The minimum absolute atomic E-state index is 0.147. The van der Waals surface area contributed by atoms with Gasteiger partial charge in [0.2, 0.25) is 0 Å². The predicted molar refractivity (Wildman–Crippen MR) is 76.1 cm³/mol. The van der Waals surface area contributed by atoms with E-state index in [-0.39, 0.29) is 5.54 Å². The van der Waals surface area contributed by atoms with Crippen LogP contribution in [0.5, 0.6) is 0 Å². The number of nitrogens with zero attached hydrogens (tertiary/aromatic N) is 2. The third-order valence-electron chi connectivity index (χ3n) is 3.59. The van der Waals surface area contributed by atoms with Gasteiger partial charge in [-0.15, -0.1) is 0 Å². The van der Waals surface area contributed by atoms with E-state index in [1.54, 1.807) is 0 Å². The summed E-state index contributed by atoms with van der Waals surface area (Å²) in [5, 5.41) is 6.54. The third kappa shape index (κ3) is 4.14. The Morgan fingerprint density at radius 1 is 1.17 bits per heavy atom. The van der Waals surface area contributed by atoms with Crippen molar-refractivity contribution < 1.29 is 4.74 Å². The molecule has 1 saturated heterocycles. The first-order chi connectivity index (χ1) is 8.64. The third-order valence-corrected chi connectivity index (χ3v) is 3.59. The fourth-order valence-corrected chi connectivity index (χ4v) is 2.23. The van der Waals surface area contributed by atoms with Gasteiger partial charge in [0, 0.05) is 31.8 Å². The van der Waals surface area contributed by atoms with E-state index in [4.69, 9.17) is 9.73 Å². The molecule has 2 N–H and O–H groups in total. The first-order valence-corrected chi connectivity index (χ1v) is 6.92. The van der Waals surface area contributed by atoms with Crippen LogP contribution < -0.4 is 10.6 Å². The molecule has 0 amide bonds. The lowest BCUT2D eigenvalue weighted by atomic mass is 9.89. The Labute approximate surface area is 111 Å². The van der Waals surface area contributed by atoms with Crippen molar-refractivity contribution in [2.75, 3.05) is 46.9 Å². The highest BCUT2D eigenvalue weighted by atomic mass is 16.5. The Hall–Kier alpha value is -0.810. The van der Waals surface area contributed by atoms with Gasteiger partial charge in [0.1, 0.15) is 0 Å². The molecule has 0 unspecified atom stereocenters. The van der Waals surface area contributed by atoms with Gasteiger partial charge < -0.3 is 20.3 Å². The summed E-state index contributed by atoms with van der Waals surface area (Å²) in [6.07, 6.45) is 2.10. The zero-order valence-electron chi connectivity index (χ0n) is 12.3. The Bertz CT molecular complexity index is 252. The average molecular weight is 256 g/mol. The molecule has 1 rings (SSSR count). The highest BCUT2D eigenvalue weighted by Crippen LogP contribution is 2.26. The van der Waals surface area contributed by atoms with E-state index in [1.807, 2.05) is 0 Å². The lowest BCUT2D eigenvalue weighted by Gasteiger charge is -2.41. The van der Waals surface area contributed by atoms with Crippen LogP contribution in [0.4, 0.5) is 0 Å². The largest absolute Gasteiger partial charge is 0.381 e. The molecule has 5 nitrogen and oxygen atoms in total. The molecule has 1 heterocycles. The van der Waals surface area contributed by atoms with Crippen LogP contribution in [0, 0.1) is 0 Å². The number of nitrogens with one attached hydrogen (secondary N) is 2. The summed E-state index contributed by atoms with van der Waals surface area (Å²) >= 11 is 0. The second-order valence-electron chi connectivity index (χ2n) is 4.96. The summed E-state index contributed by atoms with van der Waals surface area (Å²) in [5.41, 5.74) is 0.147. The van der Waals surface area contributed by atoms with Crippen LogP contribution in [0.1, 0.15) is 26.7 Å². The highest BCUT2D eigenvalue weighted by molar-refractivity contribution is 5.79. The molecule has 1 aliphatic rings. The number of guanidine groups is 1. The summed E-state index contributed by atoms with van der Waals surface area (Å²) in [5.74, 6) is 0.910. The van der Waals surface area contributed by atoms with E-state index in [0.717, 1.165) is 51.6 Å². The first-order valence-electron chi connectivity index (χ1n) is 6.92. The number of hydrogen-bond donors (Lipinski definition) is 2. The number of likely N-dealkylation sites (N-methyl/N-ethyl adjacent to an activating group) is 1. The second kappa shape index (κ2) is 7.59. The minimum atomic E-state index is 0.147. The van der Waals surface area contributed by atoms with E-state index >= 15 is 0 Å². The Morgan fingerprint density at radius 2 is 1.72 bits per heavy atom.